The number of aliphatic hydroxyl groups is 1. The molecule has 1 unspecified atom stereocenters. The second kappa shape index (κ2) is 8.29. The number of hydrogen-bond donors (Lipinski definition) is 2. The molecular formula is C14H20N2O3. The van der Waals surface area contributed by atoms with Gasteiger partial charge in [0.15, 0.2) is 0 Å². The van der Waals surface area contributed by atoms with Gasteiger partial charge in [-0.05, 0) is 19.0 Å². The summed E-state index contributed by atoms with van der Waals surface area (Å²) >= 11 is 0. The van der Waals surface area contributed by atoms with Crippen LogP contribution in [0, 0.1) is 0 Å². The zero-order valence-corrected chi connectivity index (χ0v) is 11.1. The normalized spacial score (nSPS) is 12.4. The van der Waals surface area contributed by atoms with Gasteiger partial charge in [0.05, 0.1) is 7.11 Å². The quantitative estimate of drug-likeness (QED) is 0.548. The van der Waals surface area contributed by atoms with E-state index in [4.69, 9.17) is 15.2 Å². The van der Waals surface area contributed by atoms with Crippen molar-refractivity contribution < 1.29 is 14.6 Å². The molecule has 19 heavy (non-hydrogen) atoms. The van der Waals surface area contributed by atoms with Gasteiger partial charge in [0.25, 0.3) is 0 Å². The molecule has 0 aliphatic rings. The van der Waals surface area contributed by atoms with Crippen LogP contribution in [0.4, 0.5) is 0 Å². The van der Waals surface area contributed by atoms with Gasteiger partial charge < -0.3 is 20.3 Å². The molecule has 5 nitrogen and oxygen atoms in total. The predicted molar refractivity (Wildman–Crippen MR) is 74.1 cm³/mol. The molecular weight excluding hydrogens is 244 g/mol. The summed E-state index contributed by atoms with van der Waals surface area (Å²) in [5.41, 5.74) is 6.42. The van der Waals surface area contributed by atoms with Crippen molar-refractivity contribution in [3.63, 3.8) is 0 Å². The second-order valence-corrected chi connectivity index (χ2v) is 3.83. The number of pyridine rings is 1. The summed E-state index contributed by atoms with van der Waals surface area (Å²) in [6.45, 7) is 4.06. The predicted octanol–water partition coefficient (Wildman–Crippen LogP) is 1.42. The van der Waals surface area contributed by atoms with Gasteiger partial charge in [0.2, 0.25) is 18.1 Å². The van der Waals surface area contributed by atoms with Crippen LogP contribution in [0.15, 0.2) is 36.9 Å². The number of hydrogen-bond acceptors (Lipinski definition) is 5. The molecule has 0 spiro atoms. The van der Waals surface area contributed by atoms with Gasteiger partial charge in [-0.25, -0.2) is 0 Å². The third-order valence-corrected chi connectivity index (χ3v) is 2.39. The Balaban J connectivity index is 2.68. The van der Waals surface area contributed by atoms with E-state index in [-0.39, 0.29) is 0 Å². The molecule has 104 valence electrons. The molecule has 0 radical (unpaired) electrons. The van der Waals surface area contributed by atoms with E-state index in [1.54, 1.807) is 24.3 Å². The molecule has 3 N–H and O–H groups in total. The summed E-state index contributed by atoms with van der Waals surface area (Å²) in [5, 5.41) is 9.66. The molecule has 1 aromatic rings. The summed E-state index contributed by atoms with van der Waals surface area (Å²) in [5.74, 6) is 0.786. The Kier molecular flexibility index (Phi) is 6.63. The summed E-state index contributed by atoms with van der Waals surface area (Å²) in [6.07, 6.45) is 5.23. The van der Waals surface area contributed by atoms with Crippen molar-refractivity contribution in [2.24, 2.45) is 5.73 Å². The van der Waals surface area contributed by atoms with Crippen LogP contribution >= 0.6 is 0 Å². The van der Waals surface area contributed by atoms with Crippen molar-refractivity contribution in [2.75, 3.05) is 13.7 Å². The van der Waals surface area contributed by atoms with Crippen molar-refractivity contribution >= 4 is 0 Å². The minimum atomic E-state index is -0.950. The topological polar surface area (TPSA) is 77.6 Å². The van der Waals surface area contributed by atoms with E-state index in [1.807, 2.05) is 6.07 Å². The fraction of sp³-hybridized carbons (Fsp3) is 0.357. The Morgan fingerprint density at radius 1 is 1.53 bits per heavy atom. The molecule has 0 amide bonds. The number of allylic oxidation sites excluding steroid dienone is 2. The van der Waals surface area contributed by atoms with Crippen LogP contribution in [0.3, 0.4) is 0 Å². The maximum atomic E-state index is 9.66. The molecule has 0 aliphatic heterocycles. The number of nitrogens with two attached hydrogens (primary N) is 1. The van der Waals surface area contributed by atoms with Crippen molar-refractivity contribution in [3.05, 3.63) is 42.5 Å². The minimum absolute atomic E-state index is 0.317. The third kappa shape index (κ3) is 5.11. The summed E-state index contributed by atoms with van der Waals surface area (Å²) < 4.78 is 10.4. The molecule has 0 aromatic carbocycles. The smallest absolute Gasteiger partial charge is 0.219 e. The standard InChI is InChI=1S/C14H20N2O3/c1-3-4-5-6-13(17)19-12-8-7-11(9-10-15)14(16-12)18-2/h3-5,7-8,13,17H,1,6,9-10,15H2,2H3/b5-4-. The first kappa shape index (κ1) is 15.2. The van der Waals surface area contributed by atoms with E-state index >= 15 is 0 Å². The molecule has 5 heteroatoms. The van der Waals surface area contributed by atoms with Crippen LogP contribution in [0.5, 0.6) is 11.8 Å². The molecule has 0 aliphatic carbocycles. The van der Waals surface area contributed by atoms with Crippen LogP contribution in [0.25, 0.3) is 0 Å². The maximum absolute atomic E-state index is 9.66. The molecule has 1 rings (SSSR count). The van der Waals surface area contributed by atoms with Gasteiger partial charge in [-0.1, -0.05) is 24.8 Å². The van der Waals surface area contributed by atoms with Gasteiger partial charge in [0, 0.05) is 18.1 Å². The average molecular weight is 264 g/mol. The van der Waals surface area contributed by atoms with E-state index in [9.17, 15) is 5.11 Å². The number of ether oxygens (including phenoxy) is 2. The lowest BCUT2D eigenvalue weighted by Gasteiger charge is -2.13. The first-order chi connectivity index (χ1) is 9.21. The van der Waals surface area contributed by atoms with Gasteiger partial charge in [-0.15, -0.1) is 0 Å². The lowest BCUT2D eigenvalue weighted by Crippen LogP contribution is -2.15. The molecule has 1 aromatic heterocycles. The van der Waals surface area contributed by atoms with E-state index < -0.39 is 6.29 Å². The summed E-state index contributed by atoms with van der Waals surface area (Å²) in [7, 11) is 1.54. The Hall–Kier alpha value is -1.85. The van der Waals surface area contributed by atoms with Gasteiger partial charge in [0.1, 0.15) is 0 Å². The molecule has 0 saturated heterocycles. The number of aliphatic hydroxyl groups excluding tert-OH is 1. The number of nitrogens with zero attached hydrogens (tertiary/aromatic N) is 1. The fourth-order valence-electron chi connectivity index (χ4n) is 1.52. The van der Waals surface area contributed by atoms with Gasteiger partial charge >= 0.3 is 0 Å². The lowest BCUT2D eigenvalue weighted by molar-refractivity contribution is -0.0172. The Morgan fingerprint density at radius 3 is 2.95 bits per heavy atom. The van der Waals surface area contributed by atoms with Crippen molar-refractivity contribution in [3.8, 4) is 11.8 Å². The molecule has 0 fully saturated rings. The highest BCUT2D eigenvalue weighted by atomic mass is 16.6. The van der Waals surface area contributed by atoms with Crippen LogP contribution in [-0.4, -0.2) is 30.0 Å². The molecule has 1 atom stereocenters. The third-order valence-electron chi connectivity index (χ3n) is 2.39. The highest BCUT2D eigenvalue weighted by molar-refractivity contribution is 5.31. The Morgan fingerprint density at radius 2 is 2.32 bits per heavy atom. The van der Waals surface area contributed by atoms with Gasteiger partial charge in [-0.3, -0.25) is 0 Å². The molecule has 1 heterocycles. The van der Waals surface area contributed by atoms with E-state index in [2.05, 4.69) is 11.6 Å². The first-order valence-corrected chi connectivity index (χ1v) is 6.07. The fourth-order valence-corrected chi connectivity index (χ4v) is 1.52. The lowest BCUT2D eigenvalue weighted by atomic mass is 10.2. The van der Waals surface area contributed by atoms with Crippen molar-refractivity contribution in [1.82, 2.24) is 4.98 Å². The van der Waals surface area contributed by atoms with Crippen LogP contribution in [0.2, 0.25) is 0 Å². The highest BCUT2D eigenvalue weighted by Gasteiger charge is 2.09. The zero-order valence-electron chi connectivity index (χ0n) is 11.1. The van der Waals surface area contributed by atoms with Crippen LogP contribution in [0.1, 0.15) is 12.0 Å². The van der Waals surface area contributed by atoms with E-state index in [0.717, 1.165) is 5.56 Å². The SMILES string of the molecule is C=C/C=C\CC(O)Oc1ccc(CCN)c(OC)n1. The van der Waals surface area contributed by atoms with Crippen LogP contribution < -0.4 is 15.2 Å². The summed E-state index contributed by atoms with van der Waals surface area (Å²) in [4.78, 5) is 4.17. The van der Waals surface area contributed by atoms with E-state index in [1.165, 1.54) is 7.11 Å². The number of rotatable bonds is 8. The van der Waals surface area contributed by atoms with Gasteiger partial charge in [-0.2, -0.15) is 4.98 Å². The van der Waals surface area contributed by atoms with Crippen molar-refractivity contribution in [1.29, 1.82) is 0 Å². The Labute approximate surface area is 113 Å². The highest BCUT2D eigenvalue weighted by Crippen LogP contribution is 2.21. The Bertz CT molecular complexity index is 433. The number of methoxy groups -OCH3 is 1. The largest absolute Gasteiger partial charge is 0.481 e. The summed E-state index contributed by atoms with van der Waals surface area (Å²) in [6, 6.07) is 3.52. The zero-order chi connectivity index (χ0) is 14.1. The van der Waals surface area contributed by atoms with Crippen LogP contribution in [-0.2, 0) is 6.42 Å². The average Bonchev–Trinajstić information content (AvgIpc) is 2.41. The first-order valence-electron chi connectivity index (χ1n) is 6.07. The van der Waals surface area contributed by atoms with E-state index in [0.29, 0.717) is 31.1 Å². The molecule has 0 saturated carbocycles. The number of aromatic nitrogens is 1. The van der Waals surface area contributed by atoms with Crippen molar-refractivity contribution in [2.45, 2.75) is 19.1 Å². The minimum Gasteiger partial charge on any atom is -0.481 e. The second-order valence-electron chi connectivity index (χ2n) is 3.83. The maximum Gasteiger partial charge on any atom is 0.219 e. The molecule has 0 bridgehead atoms. The monoisotopic (exact) mass is 264 g/mol.